The van der Waals surface area contributed by atoms with E-state index in [9.17, 15) is 9.59 Å². The van der Waals surface area contributed by atoms with E-state index in [0.29, 0.717) is 17.9 Å². The van der Waals surface area contributed by atoms with Crippen molar-refractivity contribution >= 4 is 17.6 Å². The molecular formula is C18H15NO3. The third-order valence-corrected chi connectivity index (χ3v) is 3.53. The van der Waals surface area contributed by atoms with Crippen molar-refractivity contribution in [3.05, 3.63) is 71.8 Å². The summed E-state index contributed by atoms with van der Waals surface area (Å²) in [6, 6.07) is 14.5. The van der Waals surface area contributed by atoms with Crippen LogP contribution < -0.4 is 9.64 Å². The molecular weight excluding hydrogens is 278 g/mol. The third kappa shape index (κ3) is 2.51. The lowest BCUT2D eigenvalue weighted by Crippen LogP contribution is -2.22. The first-order valence-electron chi connectivity index (χ1n) is 6.94. The van der Waals surface area contributed by atoms with E-state index >= 15 is 0 Å². The minimum atomic E-state index is -0.461. The van der Waals surface area contributed by atoms with Gasteiger partial charge in [0.2, 0.25) is 0 Å². The lowest BCUT2D eigenvalue weighted by molar-refractivity contribution is -0.130. The van der Waals surface area contributed by atoms with Crippen LogP contribution >= 0.6 is 0 Å². The van der Waals surface area contributed by atoms with Gasteiger partial charge in [-0.25, -0.2) is 4.79 Å². The second-order valence-electron chi connectivity index (χ2n) is 5.21. The molecule has 1 heterocycles. The summed E-state index contributed by atoms with van der Waals surface area (Å²) in [5, 5.41) is 0. The topological polar surface area (TPSA) is 46.6 Å². The van der Waals surface area contributed by atoms with Crippen LogP contribution in [0.2, 0.25) is 0 Å². The van der Waals surface area contributed by atoms with Crippen LogP contribution in [0, 0.1) is 0 Å². The lowest BCUT2D eigenvalue weighted by atomic mass is 10.1. The van der Waals surface area contributed by atoms with Crippen molar-refractivity contribution in [1.82, 2.24) is 0 Å². The van der Waals surface area contributed by atoms with Gasteiger partial charge in [0.1, 0.15) is 5.75 Å². The van der Waals surface area contributed by atoms with Crippen LogP contribution in [0.4, 0.5) is 5.69 Å². The number of carbonyl (C=O) groups excluding carboxylic acids is 2. The van der Waals surface area contributed by atoms with Crippen molar-refractivity contribution in [3.8, 4) is 5.75 Å². The fourth-order valence-electron chi connectivity index (χ4n) is 2.35. The number of fused-ring (bicyclic) bond motifs is 1. The van der Waals surface area contributed by atoms with Gasteiger partial charge in [0.05, 0.1) is 6.54 Å². The predicted molar refractivity (Wildman–Crippen MR) is 83.8 cm³/mol. The highest BCUT2D eigenvalue weighted by molar-refractivity contribution is 6.10. The molecule has 0 bridgehead atoms. The number of hydrogen-bond donors (Lipinski definition) is 0. The highest BCUT2D eigenvalue weighted by Gasteiger charge is 2.27. The van der Waals surface area contributed by atoms with Crippen LogP contribution in [0.5, 0.6) is 5.75 Å². The lowest BCUT2D eigenvalue weighted by Gasteiger charge is -2.16. The fourth-order valence-corrected chi connectivity index (χ4v) is 2.35. The minimum absolute atomic E-state index is 0.0118. The summed E-state index contributed by atoms with van der Waals surface area (Å²) in [5.74, 6) is -0.0411. The van der Waals surface area contributed by atoms with Gasteiger partial charge in [0.15, 0.2) is 0 Å². The summed E-state index contributed by atoms with van der Waals surface area (Å²) in [6.45, 7) is 5.69. The summed E-state index contributed by atoms with van der Waals surface area (Å²) in [5.41, 5.74) is 2.87. The largest absolute Gasteiger partial charge is 0.423 e. The summed E-state index contributed by atoms with van der Waals surface area (Å²) >= 11 is 0. The number of amides is 1. The SMILES string of the molecule is C=C(C)C(=O)Oc1ccc(N2Cc3ccccc3C2=O)cc1. The summed E-state index contributed by atoms with van der Waals surface area (Å²) in [4.78, 5) is 25.5. The molecule has 22 heavy (non-hydrogen) atoms. The Bertz CT molecular complexity index is 762. The Hall–Kier alpha value is -2.88. The summed E-state index contributed by atoms with van der Waals surface area (Å²) in [6.07, 6.45) is 0. The maximum absolute atomic E-state index is 12.4. The van der Waals surface area contributed by atoms with Gasteiger partial charge in [0.25, 0.3) is 5.91 Å². The monoisotopic (exact) mass is 293 g/mol. The molecule has 3 rings (SSSR count). The van der Waals surface area contributed by atoms with Crippen LogP contribution in [0.15, 0.2) is 60.7 Å². The molecule has 0 spiro atoms. The Balaban J connectivity index is 1.79. The minimum Gasteiger partial charge on any atom is -0.423 e. The molecule has 0 unspecified atom stereocenters. The maximum atomic E-state index is 12.4. The van der Waals surface area contributed by atoms with E-state index in [1.807, 2.05) is 24.3 Å². The van der Waals surface area contributed by atoms with Crippen LogP contribution in [-0.2, 0) is 11.3 Å². The van der Waals surface area contributed by atoms with Crippen LogP contribution in [0.1, 0.15) is 22.8 Å². The molecule has 1 aliphatic heterocycles. The number of benzene rings is 2. The first-order valence-corrected chi connectivity index (χ1v) is 6.94. The Kier molecular flexibility index (Phi) is 3.51. The Morgan fingerprint density at radius 2 is 1.82 bits per heavy atom. The Labute approximate surface area is 128 Å². The molecule has 4 heteroatoms. The summed E-state index contributed by atoms with van der Waals surface area (Å²) in [7, 11) is 0. The second kappa shape index (κ2) is 5.48. The quantitative estimate of drug-likeness (QED) is 0.495. The molecule has 110 valence electrons. The molecule has 0 N–H and O–H groups in total. The normalized spacial score (nSPS) is 13.0. The number of rotatable bonds is 3. The summed E-state index contributed by atoms with van der Waals surface area (Å²) < 4.78 is 5.14. The van der Waals surface area contributed by atoms with E-state index < -0.39 is 5.97 Å². The Morgan fingerprint density at radius 1 is 1.14 bits per heavy atom. The van der Waals surface area contributed by atoms with Gasteiger partial charge < -0.3 is 9.64 Å². The van der Waals surface area contributed by atoms with Crippen molar-refractivity contribution in [3.63, 3.8) is 0 Å². The molecule has 0 radical (unpaired) electrons. The molecule has 1 aliphatic rings. The van der Waals surface area contributed by atoms with Crippen molar-refractivity contribution in [2.75, 3.05) is 4.90 Å². The molecule has 2 aromatic carbocycles. The van der Waals surface area contributed by atoms with Gasteiger partial charge in [-0.2, -0.15) is 0 Å². The molecule has 4 nitrogen and oxygen atoms in total. The molecule has 0 aromatic heterocycles. The fraction of sp³-hybridized carbons (Fsp3) is 0.111. The van der Waals surface area contributed by atoms with Gasteiger partial charge in [0, 0.05) is 16.8 Å². The number of hydrogen-bond acceptors (Lipinski definition) is 3. The smallest absolute Gasteiger partial charge is 0.338 e. The number of carbonyl (C=O) groups is 2. The van der Waals surface area contributed by atoms with E-state index in [4.69, 9.17) is 4.74 Å². The van der Waals surface area contributed by atoms with Gasteiger partial charge in [-0.1, -0.05) is 24.8 Å². The average molecular weight is 293 g/mol. The number of ether oxygens (including phenoxy) is 1. The van der Waals surface area contributed by atoms with Gasteiger partial charge >= 0.3 is 5.97 Å². The number of anilines is 1. The third-order valence-electron chi connectivity index (χ3n) is 3.53. The van der Waals surface area contributed by atoms with Gasteiger partial charge in [-0.3, -0.25) is 4.79 Å². The van der Waals surface area contributed by atoms with Crippen LogP contribution in [-0.4, -0.2) is 11.9 Å². The highest BCUT2D eigenvalue weighted by Crippen LogP contribution is 2.29. The molecule has 0 saturated carbocycles. The molecule has 2 aromatic rings. The standard InChI is InChI=1S/C18H15NO3/c1-12(2)18(21)22-15-9-7-14(8-10-15)19-11-13-5-3-4-6-16(13)17(19)20/h3-10H,1,11H2,2H3. The average Bonchev–Trinajstić information content (AvgIpc) is 2.85. The maximum Gasteiger partial charge on any atom is 0.338 e. The molecule has 0 saturated heterocycles. The van der Waals surface area contributed by atoms with Gasteiger partial charge in [-0.05, 0) is 42.8 Å². The first-order chi connectivity index (χ1) is 10.6. The molecule has 0 fully saturated rings. The van der Waals surface area contributed by atoms with Gasteiger partial charge in [-0.15, -0.1) is 0 Å². The number of esters is 1. The zero-order valence-corrected chi connectivity index (χ0v) is 12.2. The van der Waals surface area contributed by atoms with E-state index in [1.54, 1.807) is 36.1 Å². The van der Waals surface area contributed by atoms with Crippen LogP contribution in [0.25, 0.3) is 0 Å². The van der Waals surface area contributed by atoms with Crippen molar-refractivity contribution in [2.24, 2.45) is 0 Å². The highest BCUT2D eigenvalue weighted by atomic mass is 16.5. The van der Waals surface area contributed by atoms with E-state index in [2.05, 4.69) is 6.58 Å². The van der Waals surface area contributed by atoms with Crippen molar-refractivity contribution in [2.45, 2.75) is 13.5 Å². The molecule has 1 amide bonds. The van der Waals surface area contributed by atoms with Crippen LogP contribution in [0.3, 0.4) is 0 Å². The van der Waals surface area contributed by atoms with Crippen molar-refractivity contribution in [1.29, 1.82) is 0 Å². The zero-order chi connectivity index (χ0) is 15.7. The second-order valence-corrected chi connectivity index (χ2v) is 5.21. The van der Waals surface area contributed by atoms with E-state index in [1.165, 1.54) is 0 Å². The molecule has 0 aliphatic carbocycles. The van der Waals surface area contributed by atoms with Crippen molar-refractivity contribution < 1.29 is 14.3 Å². The van der Waals surface area contributed by atoms with E-state index in [0.717, 1.165) is 16.8 Å². The van der Waals surface area contributed by atoms with E-state index in [-0.39, 0.29) is 5.91 Å². The first kappa shape index (κ1) is 14.1. The molecule has 0 atom stereocenters. The zero-order valence-electron chi connectivity index (χ0n) is 12.2. The Morgan fingerprint density at radius 3 is 2.45 bits per heavy atom. The predicted octanol–water partition coefficient (Wildman–Crippen LogP) is 3.33. The number of nitrogens with zero attached hydrogens (tertiary/aromatic N) is 1.